The fraction of sp³-hybridized carbons (Fsp3) is 0.278. The Morgan fingerprint density at radius 1 is 1.05 bits per heavy atom. The van der Waals surface area contributed by atoms with Gasteiger partial charge >= 0.3 is 5.97 Å². The molecule has 0 bridgehead atoms. The number of halogens is 1. The quantitative estimate of drug-likeness (QED) is 0.875. The van der Waals surface area contributed by atoms with E-state index in [4.69, 9.17) is 0 Å². The number of carboxylic acid groups (broad SMARTS) is 1. The molecule has 2 nitrogen and oxygen atoms in total. The van der Waals surface area contributed by atoms with Gasteiger partial charge in [0.1, 0.15) is 5.82 Å². The summed E-state index contributed by atoms with van der Waals surface area (Å²) in [6.45, 7) is 2.08. The van der Waals surface area contributed by atoms with Crippen LogP contribution in [0.2, 0.25) is 0 Å². The second-order valence-corrected chi connectivity index (χ2v) is 5.24. The minimum Gasteiger partial charge on any atom is -0.481 e. The van der Waals surface area contributed by atoms with Crippen LogP contribution < -0.4 is 0 Å². The van der Waals surface area contributed by atoms with Crippen LogP contribution in [0.5, 0.6) is 0 Å². The normalized spacial score (nSPS) is 12.1. The molecule has 2 aromatic rings. The van der Waals surface area contributed by atoms with E-state index < -0.39 is 11.9 Å². The third-order valence-corrected chi connectivity index (χ3v) is 3.63. The summed E-state index contributed by atoms with van der Waals surface area (Å²) in [5.74, 6) is -1.72. The highest BCUT2D eigenvalue weighted by Crippen LogP contribution is 2.17. The van der Waals surface area contributed by atoms with Crippen molar-refractivity contribution in [3.8, 4) is 0 Å². The maximum absolute atomic E-state index is 13.2. The van der Waals surface area contributed by atoms with E-state index in [0.29, 0.717) is 18.4 Å². The topological polar surface area (TPSA) is 37.3 Å². The van der Waals surface area contributed by atoms with E-state index in [9.17, 15) is 14.3 Å². The molecule has 0 spiro atoms. The highest BCUT2D eigenvalue weighted by Gasteiger charge is 2.18. The highest BCUT2D eigenvalue weighted by molar-refractivity contribution is 5.70. The van der Waals surface area contributed by atoms with Crippen LogP contribution in [0.1, 0.15) is 23.6 Å². The van der Waals surface area contributed by atoms with Crippen molar-refractivity contribution in [2.24, 2.45) is 5.92 Å². The molecule has 0 amide bonds. The Hall–Kier alpha value is -2.16. The van der Waals surface area contributed by atoms with Crippen molar-refractivity contribution in [3.05, 3.63) is 71.0 Å². The van der Waals surface area contributed by atoms with Gasteiger partial charge in [-0.15, -0.1) is 0 Å². The number of hydrogen-bond donors (Lipinski definition) is 1. The molecule has 3 heteroatoms. The standard InChI is InChI=1S/C18H19FO2/c1-2-13-6-8-14(9-7-13)10-16(18(20)21)11-15-4-3-5-17(19)12-15/h3-9,12,16H,2,10-11H2,1H3,(H,20,21). The van der Waals surface area contributed by atoms with E-state index in [0.717, 1.165) is 12.0 Å². The van der Waals surface area contributed by atoms with Crippen LogP contribution in [0.15, 0.2) is 48.5 Å². The monoisotopic (exact) mass is 286 g/mol. The van der Waals surface area contributed by atoms with Gasteiger partial charge in [0.15, 0.2) is 0 Å². The molecule has 0 aliphatic heterocycles. The summed E-state index contributed by atoms with van der Waals surface area (Å²) in [6, 6.07) is 14.1. The maximum atomic E-state index is 13.2. The SMILES string of the molecule is CCc1ccc(CC(Cc2cccc(F)c2)C(=O)O)cc1. The molecule has 2 aromatic carbocycles. The number of benzene rings is 2. The lowest BCUT2D eigenvalue weighted by Crippen LogP contribution is -2.19. The molecular formula is C18H19FO2. The van der Waals surface area contributed by atoms with Crippen molar-refractivity contribution in [2.45, 2.75) is 26.2 Å². The minimum atomic E-state index is -0.848. The zero-order valence-electron chi connectivity index (χ0n) is 12.1. The van der Waals surface area contributed by atoms with Crippen molar-refractivity contribution in [2.75, 3.05) is 0 Å². The van der Waals surface area contributed by atoms with Crippen LogP contribution >= 0.6 is 0 Å². The van der Waals surface area contributed by atoms with Crippen molar-refractivity contribution in [1.29, 1.82) is 0 Å². The second-order valence-electron chi connectivity index (χ2n) is 5.24. The maximum Gasteiger partial charge on any atom is 0.307 e. The molecule has 0 radical (unpaired) electrons. The summed E-state index contributed by atoms with van der Waals surface area (Å²) in [5, 5.41) is 9.37. The van der Waals surface area contributed by atoms with Gasteiger partial charge in [-0.25, -0.2) is 4.39 Å². The minimum absolute atomic E-state index is 0.330. The van der Waals surface area contributed by atoms with E-state index in [2.05, 4.69) is 6.92 Å². The predicted octanol–water partition coefficient (Wildman–Crippen LogP) is 3.87. The summed E-state index contributed by atoms with van der Waals surface area (Å²) in [7, 11) is 0. The van der Waals surface area contributed by atoms with Crippen molar-refractivity contribution < 1.29 is 14.3 Å². The van der Waals surface area contributed by atoms with Gasteiger partial charge in [-0.2, -0.15) is 0 Å². The number of aryl methyl sites for hydroxylation is 1. The Labute approximate surface area is 124 Å². The van der Waals surface area contributed by atoms with Gasteiger partial charge in [0.25, 0.3) is 0 Å². The van der Waals surface area contributed by atoms with Crippen molar-refractivity contribution in [3.63, 3.8) is 0 Å². The van der Waals surface area contributed by atoms with Crippen LogP contribution in [-0.2, 0) is 24.1 Å². The lowest BCUT2D eigenvalue weighted by atomic mass is 9.92. The summed E-state index contributed by atoms with van der Waals surface area (Å²) in [4.78, 5) is 11.4. The molecule has 0 aliphatic carbocycles. The summed E-state index contributed by atoms with van der Waals surface area (Å²) >= 11 is 0. The van der Waals surface area contributed by atoms with E-state index in [1.807, 2.05) is 24.3 Å². The molecule has 0 heterocycles. The molecule has 110 valence electrons. The molecule has 1 atom stereocenters. The van der Waals surface area contributed by atoms with Gasteiger partial charge in [-0.05, 0) is 48.1 Å². The first-order valence-electron chi connectivity index (χ1n) is 7.13. The molecule has 0 fully saturated rings. The van der Waals surface area contributed by atoms with Crippen LogP contribution in [0, 0.1) is 11.7 Å². The lowest BCUT2D eigenvalue weighted by Gasteiger charge is -2.13. The molecule has 21 heavy (non-hydrogen) atoms. The molecule has 0 aliphatic rings. The Bertz CT molecular complexity index is 605. The summed E-state index contributed by atoms with van der Waals surface area (Å²) in [5.41, 5.74) is 2.94. The molecule has 2 rings (SSSR count). The zero-order valence-corrected chi connectivity index (χ0v) is 12.1. The molecule has 1 unspecified atom stereocenters. The van der Waals surface area contributed by atoms with Crippen molar-refractivity contribution >= 4 is 5.97 Å². The largest absolute Gasteiger partial charge is 0.481 e. The highest BCUT2D eigenvalue weighted by atomic mass is 19.1. The lowest BCUT2D eigenvalue weighted by molar-refractivity contribution is -0.141. The predicted molar refractivity (Wildman–Crippen MR) is 80.8 cm³/mol. The Balaban J connectivity index is 2.10. The van der Waals surface area contributed by atoms with Gasteiger partial charge in [-0.1, -0.05) is 43.3 Å². The average molecular weight is 286 g/mol. The number of carbonyl (C=O) groups is 1. The van der Waals surface area contributed by atoms with Gasteiger partial charge in [0.2, 0.25) is 0 Å². The van der Waals surface area contributed by atoms with Crippen LogP contribution in [-0.4, -0.2) is 11.1 Å². The van der Waals surface area contributed by atoms with Gasteiger partial charge in [0, 0.05) is 0 Å². The smallest absolute Gasteiger partial charge is 0.307 e. The first kappa shape index (κ1) is 15.2. The molecule has 0 aromatic heterocycles. The number of carboxylic acids is 1. The average Bonchev–Trinajstić information content (AvgIpc) is 2.47. The van der Waals surface area contributed by atoms with Crippen molar-refractivity contribution in [1.82, 2.24) is 0 Å². The molecular weight excluding hydrogens is 267 g/mol. The first-order chi connectivity index (χ1) is 10.1. The zero-order chi connectivity index (χ0) is 15.2. The van der Waals surface area contributed by atoms with Crippen LogP contribution in [0.3, 0.4) is 0 Å². The fourth-order valence-corrected chi connectivity index (χ4v) is 2.39. The second kappa shape index (κ2) is 7.02. The van der Waals surface area contributed by atoms with E-state index >= 15 is 0 Å². The summed E-state index contributed by atoms with van der Waals surface area (Å²) in [6.07, 6.45) is 1.75. The van der Waals surface area contributed by atoms with E-state index in [-0.39, 0.29) is 5.82 Å². The van der Waals surface area contributed by atoms with Gasteiger partial charge in [-0.3, -0.25) is 4.79 Å². The number of hydrogen-bond acceptors (Lipinski definition) is 1. The Morgan fingerprint density at radius 2 is 1.67 bits per heavy atom. The summed E-state index contributed by atoms with van der Waals surface area (Å²) < 4.78 is 13.2. The molecule has 1 N–H and O–H groups in total. The third kappa shape index (κ3) is 4.42. The third-order valence-electron chi connectivity index (χ3n) is 3.63. The fourth-order valence-electron chi connectivity index (χ4n) is 2.39. The number of rotatable bonds is 6. The van der Waals surface area contributed by atoms with Crippen LogP contribution in [0.25, 0.3) is 0 Å². The van der Waals surface area contributed by atoms with Crippen LogP contribution in [0.4, 0.5) is 4.39 Å². The molecule has 0 saturated carbocycles. The van der Waals surface area contributed by atoms with E-state index in [1.165, 1.54) is 17.7 Å². The van der Waals surface area contributed by atoms with E-state index in [1.54, 1.807) is 12.1 Å². The Morgan fingerprint density at radius 3 is 2.24 bits per heavy atom. The van der Waals surface area contributed by atoms with Gasteiger partial charge < -0.3 is 5.11 Å². The molecule has 0 saturated heterocycles. The first-order valence-corrected chi connectivity index (χ1v) is 7.13. The number of aliphatic carboxylic acids is 1. The Kier molecular flexibility index (Phi) is 5.09. The van der Waals surface area contributed by atoms with Gasteiger partial charge in [0.05, 0.1) is 5.92 Å².